The van der Waals surface area contributed by atoms with Crippen LogP contribution in [0.4, 0.5) is 5.69 Å². The van der Waals surface area contributed by atoms with Crippen molar-refractivity contribution in [2.45, 2.75) is 19.6 Å². The van der Waals surface area contributed by atoms with Gasteiger partial charge < -0.3 is 5.11 Å². The minimum Gasteiger partial charge on any atom is -0.507 e. The Hall–Kier alpha value is -1.87. The molecule has 0 aromatic heterocycles. The van der Waals surface area contributed by atoms with Crippen LogP contribution in [0.1, 0.15) is 5.56 Å². The summed E-state index contributed by atoms with van der Waals surface area (Å²) in [6, 6.07) is 15.6. The van der Waals surface area contributed by atoms with E-state index in [2.05, 4.69) is 24.6 Å². The van der Waals surface area contributed by atoms with E-state index < -0.39 is 8.07 Å². The summed E-state index contributed by atoms with van der Waals surface area (Å²) >= 11 is 0. The first kappa shape index (κ1) is 13.6. The molecule has 3 heteroatoms. The molecule has 0 amide bonds. The third kappa shape index (κ3) is 3.32. The fraction of sp³-hybridized carbons (Fsp3) is 0.188. The normalized spacial score (nSPS) is 11.9. The van der Waals surface area contributed by atoms with Gasteiger partial charge in [0.2, 0.25) is 0 Å². The van der Waals surface area contributed by atoms with E-state index in [4.69, 9.17) is 0 Å². The molecule has 0 spiro atoms. The second-order valence-electron chi connectivity index (χ2n) is 5.59. The van der Waals surface area contributed by atoms with Crippen molar-refractivity contribution in [1.82, 2.24) is 0 Å². The van der Waals surface area contributed by atoms with E-state index in [1.807, 2.05) is 48.5 Å². The van der Waals surface area contributed by atoms with E-state index in [1.54, 1.807) is 6.21 Å². The van der Waals surface area contributed by atoms with Gasteiger partial charge in [0.1, 0.15) is 5.75 Å². The summed E-state index contributed by atoms with van der Waals surface area (Å²) in [5.74, 6) is 0.376. The van der Waals surface area contributed by atoms with E-state index in [9.17, 15) is 5.11 Å². The highest BCUT2D eigenvalue weighted by atomic mass is 28.3. The van der Waals surface area contributed by atoms with Crippen molar-refractivity contribution in [3.05, 3.63) is 54.1 Å². The maximum atomic E-state index is 10.3. The SMILES string of the molecule is C[Si](C)(C)c1cccc(/C=N/c2ccccc2)c1O. The number of para-hydroxylation sites is 2. The molecule has 0 heterocycles. The van der Waals surface area contributed by atoms with Crippen LogP contribution < -0.4 is 5.19 Å². The van der Waals surface area contributed by atoms with Crippen LogP contribution in [0.2, 0.25) is 19.6 Å². The number of aromatic hydroxyl groups is 1. The Bertz CT molecular complexity index is 585. The van der Waals surface area contributed by atoms with Gasteiger partial charge in [0.15, 0.2) is 0 Å². The zero-order valence-electron chi connectivity index (χ0n) is 11.6. The molecule has 0 aliphatic carbocycles. The second-order valence-corrected chi connectivity index (χ2v) is 10.6. The van der Waals surface area contributed by atoms with E-state index in [1.165, 1.54) is 0 Å². The number of phenols is 1. The van der Waals surface area contributed by atoms with Gasteiger partial charge in [-0.3, -0.25) is 4.99 Å². The number of benzene rings is 2. The van der Waals surface area contributed by atoms with Crippen molar-refractivity contribution >= 4 is 25.2 Å². The van der Waals surface area contributed by atoms with Crippen LogP contribution in [0, 0.1) is 0 Å². The van der Waals surface area contributed by atoms with Gasteiger partial charge in [0.05, 0.1) is 13.8 Å². The molecule has 0 unspecified atom stereocenters. The number of rotatable bonds is 3. The van der Waals surface area contributed by atoms with Crippen molar-refractivity contribution in [3.63, 3.8) is 0 Å². The number of hydrogen-bond acceptors (Lipinski definition) is 2. The summed E-state index contributed by atoms with van der Waals surface area (Å²) < 4.78 is 0. The highest BCUT2D eigenvalue weighted by molar-refractivity contribution is 6.89. The van der Waals surface area contributed by atoms with Gasteiger partial charge in [-0.1, -0.05) is 50.0 Å². The third-order valence-electron chi connectivity index (χ3n) is 2.98. The van der Waals surface area contributed by atoms with Crippen LogP contribution in [-0.2, 0) is 0 Å². The molecule has 0 fully saturated rings. The Labute approximate surface area is 115 Å². The molecule has 98 valence electrons. The molecule has 0 saturated carbocycles. The van der Waals surface area contributed by atoms with Crippen molar-refractivity contribution < 1.29 is 5.11 Å². The molecule has 2 rings (SSSR count). The van der Waals surface area contributed by atoms with Gasteiger partial charge in [0.25, 0.3) is 0 Å². The maximum absolute atomic E-state index is 10.3. The predicted octanol–water partition coefficient (Wildman–Crippen LogP) is 3.69. The molecule has 1 N–H and O–H groups in total. The highest BCUT2D eigenvalue weighted by Crippen LogP contribution is 2.18. The lowest BCUT2D eigenvalue weighted by molar-refractivity contribution is 0.478. The molecule has 2 aromatic rings. The molecule has 2 nitrogen and oxygen atoms in total. The van der Waals surface area contributed by atoms with Gasteiger partial charge in [-0.2, -0.15) is 0 Å². The minimum absolute atomic E-state index is 0.376. The predicted molar refractivity (Wildman–Crippen MR) is 84.8 cm³/mol. The molecule has 0 atom stereocenters. The van der Waals surface area contributed by atoms with Gasteiger partial charge in [-0.25, -0.2) is 0 Å². The molecular weight excluding hydrogens is 250 g/mol. The summed E-state index contributed by atoms with van der Waals surface area (Å²) in [4.78, 5) is 4.39. The van der Waals surface area contributed by atoms with E-state index in [-0.39, 0.29) is 0 Å². The number of phenolic OH excluding ortho intramolecular Hbond substituents is 1. The topological polar surface area (TPSA) is 32.6 Å². The first-order valence-corrected chi connectivity index (χ1v) is 9.90. The molecule has 19 heavy (non-hydrogen) atoms. The summed E-state index contributed by atoms with van der Waals surface area (Å²) in [6.45, 7) is 6.67. The molecule has 0 aliphatic rings. The van der Waals surface area contributed by atoms with E-state index in [0.717, 1.165) is 16.4 Å². The van der Waals surface area contributed by atoms with Gasteiger partial charge in [0, 0.05) is 11.8 Å². The van der Waals surface area contributed by atoms with Crippen molar-refractivity contribution in [2.24, 2.45) is 4.99 Å². The van der Waals surface area contributed by atoms with Crippen molar-refractivity contribution in [3.8, 4) is 5.75 Å². The lowest BCUT2D eigenvalue weighted by Gasteiger charge is -2.18. The average molecular weight is 269 g/mol. The average Bonchev–Trinajstić information content (AvgIpc) is 2.37. The van der Waals surface area contributed by atoms with Crippen LogP contribution in [0.15, 0.2) is 53.5 Å². The lowest BCUT2D eigenvalue weighted by atomic mass is 10.2. The molecule has 0 saturated heterocycles. The van der Waals surface area contributed by atoms with Gasteiger partial charge >= 0.3 is 0 Å². The summed E-state index contributed by atoms with van der Waals surface area (Å²) in [7, 11) is -1.53. The quantitative estimate of drug-likeness (QED) is 0.669. The first-order chi connectivity index (χ1) is 8.98. The van der Waals surface area contributed by atoms with Crippen molar-refractivity contribution in [2.75, 3.05) is 0 Å². The largest absolute Gasteiger partial charge is 0.507 e. The van der Waals surface area contributed by atoms with Gasteiger partial charge in [-0.15, -0.1) is 0 Å². The highest BCUT2D eigenvalue weighted by Gasteiger charge is 2.21. The van der Waals surface area contributed by atoms with Gasteiger partial charge in [-0.05, 0) is 23.4 Å². The monoisotopic (exact) mass is 269 g/mol. The fourth-order valence-corrected chi connectivity index (χ4v) is 3.38. The molecule has 0 bridgehead atoms. The number of nitrogens with zero attached hydrogens (tertiary/aromatic N) is 1. The standard InChI is InChI=1S/C16H19NOSi/c1-19(2,3)15-11-7-8-13(16(15)18)12-17-14-9-5-4-6-10-14/h4-12,18H,1-3H3/b17-12+. The Morgan fingerprint density at radius 1 is 0.947 bits per heavy atom. The number of aliphatic imine (C=N–C) groups is 1. The second kappa shape index (κ2) is 5.41. The summed E-state index contributed by atoms with van der Waals surface area (Å²) in [5.41, 5.74) is 1.67. The molecule has 0 radical (unpaired) electrons. The Balaban J connectivity index is 2.34. The minimum atomic E-state index is -1.53. The maximum Gasteiger partial charge on any atom is 0.123 e. The number of hydrogen-bond donors (Lipinski definition) is 1. The third-order valence-corrected chi connectivity index (χ3v) is 5.00. The van der Waals surface area contributed by atoms with E-state index >= 15 is 0 Å². The molecular formula is C16H19NOSi. The Kier molecular flexibility index (Phi) is 3.86. The zero-order valence-corrected chi connectivity index (χ0v) is 12.6. The van der Waals surface area contributed by atoms with Crippen molar-refractivity contribution in [1.29, 1.82) is 0 Å². The summed E-state index contributed by atoms with van der Waals surface area (Å²) in [6.07, 6.45) is 1.73. The van der Waals surface area contributed by atoms with E-state index in [0.29, 0.717) is 5.75 Å². The van der Waals surface area contributed by atoms with Crippen LogP contribution in [-0.4, -0.2) is 19.4 Å². The zero-order chi connectivity index (χ0) is 13.9. The molecule has 2 aromatic carbocycles. The fourth-order valence-electron chi connectivity index (χ4n) is 1.93. The summed E-state index contributed by atoms with van der Waals surface area (Å²) in [5, 5.41) is 11.4. The van der Waals surface area contributed by atoms with Crippen LogP contribution >= 0.6 is 0 Å². The Morgan fingerprint density at radius 3 is 2.26 bits per heavy atom. The Morgan fingerprint density at radius 2 is 1.63 bits per heavy atom. The van der Waals surface area contributed by atoms with Crippen LogP contribution in [0.25, 0.3) is 0 Å². The van der Waals surface area contributed by atoms with Crippen LogP contribution in [0.5, 0.6) is 5.75 Å². The lowest BCUT2D eigenvalue weighted by Crippen LogP contribution is -2.37. The first-order valence-electron chi connectivity index (χ1n) is 6.40. The molecule has 0 aliphatic heterocycles. The smallest absolute Gasteiger partial charge is 0.123 e. The van der Waals surface area contributed by atoms with Crippen LogP contribution in [0.3, 0.4) is 0 Å².